The molecule has 0 aromatic carbocycles. The highest BCUT2D eigenvalue weighted by molar-refractivity contribution is 5.80. The van der Waals surface area contributed by atoms with Crippen LogP contribution in [0.4, 0.5) is 0 Å². The first-order valence-electron chi connectivity index (χ1n) is 8.66. The number of aryl methyl sites for hydroxylation is 4. The Morgan fingerprint density at radius 1 is 1.28 bits per heavy atom. The van der Waals surface area contributed by atoms with Crippen molar-refractivity contribution in [1.29, 1.82) is 0 Å². The van der Waals surface area contributed by atoms with Crippen molar-refractivity contribution in [2.75, 3.05) is 13.6 Å². The van der Waals surface area contributed by atoms with Gasteiger partial charge >= 0.3 is 0 Å². The molecule has 1 aliphatic rings. The van der Waals surface area contributed by atoms with E-state index in [1.165, 1.54) is 0 Å². The maximum atomic E-state index is 12.3. The second kappa shape index (κ2) is 6.95. The lowest BCUT2D eigenvalue weighted by atomic mass is 9.98. The fraction of sp³-hybridized carbons (Fsp3) is 0.647. The molecule has 3 heterocycles. The molecule has 8 nitrogen and oxygen atoms in total. The summed E-state index contributed by atoms with van der Waals surface area (Å²) in [4.78, 5) is 18.3. The first-order valence-corrected chi connectivity index (χ1v) is 8.66. The van der Waals surface area contributed by atoms with E-state index in [4.69, 9.17) is 4.52 Å². The fourth-order valence-corrected chi connectivity index (χ4v) is 3.63. The van der Waals surface area contributed by atoms with Gasteiger partial charge in [0.25, 0.3) is 0 Å². The van der Waals surface area contributed by atoms with Gasteiger partial charge in [-0.05, 0) is 33.7 Å². The Morgan fingerprint density at radius 3 is 2.64 bits per heavy atom. The van der Waals surface area contributed by atoms with Crippen LogP contribution in [0.5, 0.6) is 0 Å². The number of nitrogens with one attached hydrogen (secondary N) is 1. The van der Waals surface area contributed by atoms with Crippen LogP contribution in [0.15, 0.2) is 4.52 Å². The minimum Gasteiger partial charge on any atom is -0.339 e. The fourth-order valence-electron chi connectivity index (χ4n) is 3.63. The van der Waals surface area contributed by atoms with E-state index in [-0.39, 0.29) is 18.0 Å². The van der Waals surface area contributed by atoms with E-state index in [9.17, 15) is 4.79 Å². The third-order valence-corrected chi connectivity index (χ3v) is 4.99. The van der Waals surface area contributed by atoms with Crippen molar-refractivity contribution in [1.82, 2.24) is 30.1 Å². The average Bonchev–Trinajstić information content (AvgIpc) is 3.16. The van der Waals surface area contributed by atoms with Gasteiger partial charge in [0.05, 0.1) is 11.7 Å². The normalized spacial score (nSPS) is 20.7. The molecule has 3 rings (SSSR count). The lowest BCUT2D eigenvalue weighted by molar-refractivity contribution is -0.127. The van der Waals surface area contributed by atoms with E-state index < -0.39 is 0 Å². The van der Waals surface area contributed by atoms with E-state index in [1.54, 1.807) is 0 Å². The van der Waals surface area contributed by atoms with Crippen LogP contribution >= 0.6 is 0 Å². The van der Waals surface area contributed by atoms with Crippen molar-refractivity contribution < 1.29 is 9.32 Å². The summed E-state index contributed by atoms with van der Waals surface area (Å²) in [6, 6.07) is 0.107. The number of amides is 1. The zero-order chi connectivity index (χ0) is 18.1. The van der Waals surface area contributed by atoms with Gasteiger partial charge in [-0.2, -0.15) is 10.1 Å². The molecule has 1 fully saturated rings. The second-order valence-corrected chi connectivity index (χ2v) is 6.76. The van der Waals surface area contributed by atoms with Crippen molar-refractivity contribution in [2.45, 2.75) is 52.1 Å². The molecule has 1 amide bonds. The van der Waals surface area contributed by atoms with Crippen LogP contribution in [0.1, 0.15) is 47.5 Å². The van der Waals surface area contributed by atoms with Gasteiger partial charge < -0.3 is 14.7 Å². The van der Waals surface area contributed by atoms with Crippen LogP contribution in [0.25, 0.3) is 0 Å². The summed E-state index contributed by atoms with van der Waals surface area (Å²) in [6.07, 6.45) is 2.13. The number of nitrogens with zero attached hydrogens (tertiary/aromatic N) is 5. The lowest BCUT2D eigenvalue weighted by Gasteiger charge is -2.26. The van der Waals surface area contributed by atoms with Crippen LogP contribution in [0.2, 0.25) is 0 Å². The van der Waals surface area contributed by atoms with Gasteiger partial charge in [-0.3, -0.25) is 9.48 Å². The molecule has 1 aliphatic heterocycles. The molecule has 0 spiro atoms. The van der Waals surface area contributed by atoms with Crippen LogP contribution in [-0.4, -0.2) is 50.4 Å². The Hall–Kier alpha value is -2.22. The smallest absolute Gasteiger partial charge is 0.226 e. The standard InChI is InChI=1S/C17H26N6O2/c1-10-16(11(2)23(5)20-10)17-13(9-15(24)22(17)4)18-8-6-7-14-19-12(3)21-25-14/h13,17-18H,6-9H2,1-5H3/t13-,17-/m1/s1. The third-order valence-electron chi connectivity index (χ3n) is 4.99. The first kappa shape index (κ1) is 17.6. The number of carbonyl (C=O) groups is 1. The number of rotatable bonds is 6. The Kier molecular flexibility index (Phi) is 4.89. The highest BCUT2D eigenvalue weighted by Gasteiger charge is 2.40. The number of likely N-dealkylation sites (tertiary alicyclic amines) is 1. The van der Waals surface area contributed by atoms with Crippen molar-refractivity contribution in [3.05, 3.63) is 28.7 Å². The summed E-state index contributed by atoms with van der Waals surface area (Å²) in [7, 11) is 3.82. The van der Waals surface area contributed by atoms with Gasteiger partial charge in [-0.15, -0.1) is 0 Å². The molecule has 2 atom stereocenters. The Morgan fingerprint density at radius 2 is 2.04 bits per heavy atom. The molecule has 0 bridgehead atoms. The molecule has 0 unspecified atom stereocenters. The Balaban J connectivity index is 1.65. The molecule has 25 heavy (non-hydrogen) atoms. The molecule has 8 heteroatoms. The number of aromatic nitrogens is 4. The molecular formula is C17H26N6O2. The largest absolute Gasteiger partial charge is 0.339 e. The summed E-state index contributed by atoms with van der Waals surface area (Å²) < 4.78 is 7.02. The molecule has 136 valence electrons. The van der Waals surface area contributed by atoms with Crippen molar-refractivity contribution in [3.8, 4) is 0 Å². The van der Waals surface area contributed by atoms with Gasteiger partial charge in [0.2, 0.25) is 11.8 Å². The summed E-state index contributed by atoms with van der Waals surface area (Å²) >= 11 is 0. The van der Waals surface area contributed by atoms with E-state index in [0.29, 0.717) is 18.1 Å². The average molecular weight is 346 g/mol. The number of likely N-dealkylation sites (N-methyl/N-ethyl adjacent to an activating group) is 1. The summed E-state index contributed by atoms with van der Waals surface area (Å²) in [5, 5.41) is 11.9. The van der Waals surface area contributed by atoms with Crippen molar-refractivity contribution >= 4 is 5.91 Å². The van der Waals surface area contributed by atoms with Crippen molar-refractivity contribution in [3.63, 3.8) is 0 Å². The first-order chi connectivity index (χ1) is 11.9. The summed E-state index contributed by atoms with van der Waals surface area (Å²) in [5.74, 6) is 1.49. The van der Waals surface area contributed by atoms with Crippen LogP contribution < -0.4 is 5.32 Å². The maximum absolute atomic E-state index is 12.3. The third kappa shape index (κ3) is 3.44. The Labute approximate surface area is 147 Å². The predicted molar refractivity (Wildman–Crippen MR) is 92.0 cm³/mol. The molecule has 2 aromatic heterocycles. The quantitative estimate of drug-likeness (QED) is 0.791. The maximum Gasteiger partial charge on any atom is 0.226 e. The molecule has 1 N–H and O–H groups in total. The molecule has 0 saturated carbocycles. The van der Waals surface area contributed by atoms with Crippen LogP contribution in [-0.2, 0) is 18.3 Å². The second-order valence-electron chi connectivity index (χ2n) is 6.76. The van der Waals surface area contributed by atoms with Crippen LogP contribution in [0, 0.1) is 20.8 Å². The van der Waals surface area contributed by atoms with Gasteiger partial charge in [0.15, 0.2) is 5.82 Å². The van der Waals surface area contributed by atoms with Crippen molar-refractivity contribution in [2.24, 2.45) is 7.05 Å². The molecule has 2 aromatic rings. The SMILES string of the molecule is Cc1noc(CCCN[C@@H]2CC(=O)N(C)[C@H]2c2c(C)nn(C)c2C)n1. The lowest BCUT2D eigenvalue weighted by Crippen LogP contribution is -2.36. The van der Waals surface area contributed by atoms with E-state index in [0.717, 1.165) is 36.3 Å². The van der Waals surface area contributed by atoms with Gasteiger partial charge in [-0.25, -0.2) is 0 Å². The van der Waals surface area contributed by atoms with E-state index in [1.807, 2.05) is 37.5 Å². The van der Waals surface area contributed by atoms with Gasteiger partial charge in [-0.1, -0.05) is 5.16 Å². The van der Waals surface area contributed by atoms with E-state index in [2.05, 4.69) is 27.5 Å². The predicted octanol–water partition coefficient (Wildman–Crippen LogP) is 1.22. The highest BCUT2D eigenvalue weighted by atomic mass is 16.5. The Bertz CT molecular complexity index is 765. The summed E-state index contributed by atoms with van der Waals surface area (Å²) in [5.41, 5.74) is 3.25. The van der Waals surface area contributed by atoms with E-state index >= 15 is 0 Å². The highest BCUT2D eigenvalue weighted by Crippen LogP contribution is 2.35. The minimum atomic E-state index is 0.0202. The van der Waals surface area contributed by atoms with Crippen LogP contribution in [0.3, 0.4) is 0 Å². The number of hydrogen-bond acceptors (Lipinski definition) is 6. The molecule has 0 aliphatic carbocycles. The van der Waals surface area contributed by atoms with Gasteiger partial charge in [0.1, 0.15) is 0 Å². The molecule has 0 radical (unpaired) electrons. The summed E-state index contributed by atoms with van der Waals surface area (Å²) in [6.45, 7) is 6.67. The molecule has 1 saturated heterocycles. The zero-order valence-corrected chi connectivity index (χ0v) is 15.5. The number of hydrogen-bond donors (Lipinski definition) is 1. The molecular weight excluding hydrogens is 320 g/mol. The number of carbonyl (C=O) groups excluding carboxylic acids is 1. The topological polar surface area (TPSA) is 89.1 Å². The zero-order valence-electron chi connectivity index (χ0n) is 15.5. The monoisotopic (exact) mass is 346 g/mol. The minimum absolute atomic E-state index is 0.0202. The van der Waals surface area contributed by atoms with Gasteiger partial charge in [0, 0.05) is 44.2 Å².